The van der Waals surface area contributed by atoms with Gasteiger partial charge in [0, 0.05) is 17.8 Å². The number of β-lactam (4-membered cyclic amide) rings is 1. The first-order valence-corrected chi connectivity index (χ1v) is 9.86. The summed E-state index contributed by atoms with van der Waals surface area (Å²) in [5, 5.41) is 24.4. The number of aromatic nitrogens is 1. The topological polar surface area (TPSA) is 121 Å². The average Bonchev–Trinajstić information content (AvgIpc) is 3.27. The van der Waals surface area contributed by atoms with Crippen LogP contribution in [0.25, 0.3) is 0 Å². The van der Waals surface area contributed by atoms with Crippen molar-refractivity contribution in [3.05, 3.63) is 40.3 Å². The molecular formula is C18H17F2N3O6S. The number of carbonyl (C=O) groups excluding carboxylic acids is 1. The molecule has 0 aliphatic carbocycles. The van der Waals surface area contributed by atoms with Gasteiger partial charge in [-0.15, -0.1) is 20.1 Å². The number of aliphatic hydroxyl groups excluding tert-OH is 1. The lowest BCUT2D eigenvalue weighted by Crippen LogP contribution is -2.70. The van der Waals surface area contributed by atoms with Crippen LogP contribution in [0.2, 0.25) is 0 Å². The first-order valence-electron chi connectivity index (χ1n) is 8.92. The number of hydrogen-bond acceptors (Lipinski definition) is 8. The van der Waals surface area contributed by atoms with E-state index in [0.29, 0.717) is 11.3 Å². The van der Waals surface area contributed by atoms with Gasteiger partial charge >= 0.3 is 12.3 Å². The normalized spacial score (nSPS) is 23.7. The Bertz CT molecular complexity index is 973. The van der Waals surface area contributed by atoms with Gasteiger partial charge < -0.3 is 19.7 Å². The Labute approximate surface area is 172 Å². The fraction of sp³-hybridized carbons (Fsp3) is 0.389. The zero-order valence-corrected chi connectivity index (χ0v) is 16.3. The van der Waals surface area contributed by atoms with E-state index in [-0.39, 0.29) is 17.9 Å². The summed E-state index contributed by atoms with van der Waals surface area (Å²) in [6.45, 7) is 1.62. The third-order valence-corrected chi connectivity index (χ3v) is 5.64. The minimum absolute atomic E-state index is 0.120. The standard InChI is InChI=1S/C18H17F2N3O6S/c1-8(9-2-3-12-13(4-9)29-18(19,20)28-12)22-17(27)23-14(16(25)26)11(15(23)24)5-10-6-30-7-21-10/h2-4,6-8,11,14,17,22,27H,5H2,1H3,(H,25,26)/t8-,11-,14+,17?/m1/s1. The molecule has 4 atom stereocenters. The molecule has 12 heteroatoms. The lowest BCUT2D eigenvalue weighted by molar-refractivity contribution is -0.286. The number of fused-ring (bicyclic) bond motifs is 1. The van der Waals surface area contributed by atoms with Crippen molar-refractivity contribution in [2.24, 2.45) is 5.92 Å². The molecule has 30 heavy (non-hydrogen) atoms. The highest BCUT2D eigenvalue weighted by Gasteiger charge is 2.54. The van der Waals surface area contributed by atoms with E-state index in [1.54, 1.807) is 17.8 Å². The van der Waals surface area contributed by atoms with Crippen molar-refractivity contribution in [3.63, 3.8) is 0 Å². The molecule has 2 aliphatic heterocycles. The second kappa shape index (κ2) is 7.45. The van der Waals surface area contributed by atoms with Crippen molar-refractivity contribution >= 4 is 23.2 Å². The van der Waals surface area contributed by atoms with Gasteiger partial charge in [-0.2, -0.15) is 0 Å². The second-order valence-electron chi connectivity index (χ2n) is 6.95. The molecule has 2 aromatic rings. The summed E-state index contributed by atoms with van der Waals surface area (Å²) >= 11 is 1.34. The van der Waals surface area contributed by atoms with E-state index in [4.69, 9.17) is 0 Å². The third kappa shape index (κ3) is 3.68. The number of aliphatic hydroxyl groups is 1. The van der Waals surface area contributed by atoms with Crippen molar-refractivity contribution in [1.82, 2.24) is 15.2 Å². The van der Waals surface area contributed by atoms with Crippen molar-refractivity contribution in [2.75, 3.05) is 0 Å². The molecule has 0 bridgehead atoms. The number of nitrogens with zero attached hydrogens (tertiary/aromatic N) is 2. The maximum absolute atomic E-state index is 13.2. The van der Waals surface area contributed by atoms with Gasteiger partial charge in [-0.1, -0.05) is 6.07 Å². The monoisotopic (exact) mass is 441 g/mol. The van der Waals surface area contributed by atoms with Gasteiger partial charge in [-0.3, -0.25) is 15.0 Å². The second-order valence-corrected chi connectivity index (χ2v) is 7.67. The molecular weight excluding hydrogens is 424 g/mol. The SMILES string of the molecule is C[C@@H](NC(O)N1C(=O)[C@H](Cc2cscn2)[C@H]1C(=O)O)c1ccc2c(c1)OC(F)(F)O2. The minimum Gasteiger partial charge on any atom is -0.480 e. The van der Waals surface area contributed by atoms with Crippen molar-refractivity contribution in [2.45, 2.75) is 38.1 Å². The highest BCUT2D eigenvalue weighted by Crippen LogP contribution is 2.42. The summed E-state index contributed by atoms with van der Waals surface area (Å²) in [5.74, 6) is -2.87. The summed E-state index contributed by atoms with van der Waals surface area (Å²) in [5.41, 5.74) is 2.66. The Kier molecular flexibility index (Phi) is 5.08. The van der Waals surface area contributed by atoms with Gasteiger partial charge in [0.2, 0.25) is 5.91 Å². The van der Waals surface area contributed by atoms with E-state index in [9.17, 15) is 28.6 Å². The van der Waals surface area contributed by atoms with Crippen LogP contribution < -0.4 is 14.8 Å². The van der Waals surface area contributed by atoms with E-state index in [2.05, 4.69) is 19.8 Å². The maximum atomic E-state index is 13.2. The summed E-state index contributed by atoms with van der Waals surface area (Å²) in [6.07, 6.45) is -5.18. The summed E-state index contributed by atoms with van der Waals surface area (Å²) < 4.78 is 35.1. The van der Waals surface area contributed by atoms with E-state index >= 15 is 0 Å². The Morgan fingerprint density at radius 3 is 2.80 bits per heavy atom. The Balaban J connectivity index is 1.44. The molecule has 1 fully saturated rings. The predicted octanol–water partition coefficient (Wildman–Crippen LogP) is 1.55. The third-order valence-electron chi connectivity index (χ3n) is 5.01. The number of halogens is 2. The molecule has 4 rings (SSSR count). The van der Waals surface area contributed by atoms with Crippen LogP contribution in [0.4, 0.5) is 8.78 Å². The number of aliphatic carboxylic acids is 1. The number of carboxylic acid groups (broad SMARTS) is 1. The lowest BCUT2D eigenvalue weighted by atomic mass is 9.84. The van der Waals surface area contributed by atoms with Crippen molar-refractivity contribution in [3.8, 4) is 11.5 Å². The van der Waals surface area contributed by atoms with Gasteiger partial charge in [-0.25, -0.2) is 9.78 Å². The highest BCUT2D eigenvalue weighted by molar-refractivity contribution is 7.07. The molecule has 3 N–H and O–H groups in total. The van der Waals surface area contributed by atoms with Crippen LogP contribution in [0.5, 0.6) is 11.5 Å². The molecule has 3 heterocycles. The molecule has 0 radical (unpaired) electrons. The zero-order chi connectivity index (χ0) is 21.6. The van der Waals surface area contributed by atoms with Crippen LogP contribution in [-0.4, -0.2) is 50.7 Å². The fourth-order valence-corrected chi connectivity index (χ4v) is 4.11. The van der Waals surface area contributed by atoms with Crippen LogP contribution >= 0.6 is 11.3 Å². The van der Waals surface area contributed by atoms with Crippen LogP contribution in [0, 0.1) is 5.92 Å². The van der Waals surface area contributed by atoms with E-state index in [0.717, 1.165) is 4.90 Å². The summed E-state index contributed by atoms with van der Waals surface area (Å²) in [4.78, 5) is 29.1. The van der Waals surface area contributed by atoms with Crippen LogP contribution in [0.15, 0.2) is 29.1 Å². The van der Waals surface area contributed by atoms with Crippen LogP contribution in [0.3, 0.4) is 0 Å². The quantitative estimate of drug-likeness (QED) is 0.437. The van der Waals surface area contributed by atoms with Gasteiger partial charge in [0.25, 0.3) is 0 Å². The molecule has 160 valence electrons. The molecule has 0 saturated carbocycles. The van der Waals surface area contributed by atoms with Crippen LogP contribution in [0.1, 0.15) is 24.2 Å². The first-order chi connectivity index (χ1) is 14.2. The fourth-order valence-electron chi connectivity index (χ4n) is 3.54. The molecule has 2 aliphatic rings. The Morgan fingerprint density at radius 2 is 2.13 bits per heavy atom. The van der Waals surface area contributed by atoms with Crippen molar-refractivity contribution < 1.29 is 38.1 Å². The number of nitrogens with one attached hydrogen (secondary N) is 1. The lowest BCUT2D eigenvalue weighted by Gasteiger charge is -2.47. The van der Waals surface area contributed by atoms with Gasteiger partial charge in [0.1, 0.15) is 6.04 Å². The molecule has 9 nitrogen and oxygen atoms in total. The molecule has 1 aromatic heterocycles. The first kappa shape index (κ1) is 20.4. The van der Waals surface area contributed by atoms with E-state index in [1.165, 1.54) is 29.5 Å². The number of rotatable bonds is 7. The van der Waals surface area contributed by atoms with Crippen LogP contribution in [-0.2, 0) is 16.0 Å². The number of amides is 1. The number of hydrogen-bond donors (Lipinski definition) is 3. The number of benzene rings is 1. The highest BCUT2D eigenvalue weighted by atomic mass is 32.1. The Morgan fingerprint density at radius 1 is 1.40 bits per heavy atom. The molecule has 1 amide bonds. The largest absolute Gasteiger partial charge is 0.586 e. The number of carbonyl (C=O) groups is 2. The minimum atomic E-state index is -3.75. The summed E-state index contributed by atoms with van der Waals surface area (Å²) in [6, 6.07) is 2.27. The van der Waals surface area contributed by atoms with E-state index in [1.807, 2.05) is 0 Å². The average molecular weight is 441 g/mol. The maximum Gasteiger partial charge on any atom is 0.586 e. The molecule has 1 saturated heterocycles. The number of likely N-dealkylation sites (tertiary alicyclic amines) is 1. The molecule has 1 aromatic carbocycles. The van der Waals surface area contributed by atoms with E-state index < -0.39 is 42.5 Å². The van der Waals surface area contributed by atoms with Gasteiger partial charge in [-0.05, 0) is 24.6 Å². The number of alkyl halides is 2. The number of carboxylic acids is 1. The predicted molar refractivity (Wildman–Crippen MR) is 97.8 cm³/mol. The van der Waals surface area contributed by atoms with Gasteiger partial charge in [0.15, 0.2) is 17.9 Å². The Hall–Kier alpha value is -2.83. The molecule has 0 spiro atoms. The summed E-state index contributed by atoms with van der Waals surface area (Å²) in [7, 11) is 0. The smallest absolute Gasteiger partial charge is 0.480 e. The number of ether oxygens (including phenoxy) is 2. The number of thiazole rings is 1. The van der Waals surface area contributed by atoms with Crippen molar-refractivity contribution in [1.29, 1.82) is 0 Å². The van der Waals surface area contributed by atoms with Gasteiger partial charge in [0.05, 0.1) is 17.1 Å². The zero-order valence-electron chi connectivity index (χ0n) is 15.5. The molecule has 1 unspecified atom stereocenters.